The fourth-order valence-corrected chi connectivity index (χ4v) is 3.72. The first-order valence-electron chi connectivity index (χ1n) is 11.4. The van der Waals surface area contributed by atoms with Gasteiger partial charge >= 0.3 is 0 Å². The highest BCUT2D eigenvalue weighted by atomic mass is 16.5. The molecule has 3 heterocycles. The van der Waals surface area contributed by atoms with Crippen molar-refractivity contribution in [3.63, 3.8) is 0 Å². The van der Waals surface area contributed by atoms with Gasteiger partial charge in [0, 0.05) is 23.0 Å². The third-order valence-electron chi connectivity index (χ3n) is 5.66. The van der Waals surface area contributed by atoms with Crippen LogP contribution in [0, 0.1) is 6.92 Å². The first-order chi connectivity index (χ1) is 17.0. The molecule has 9 nitrogen and oxygen atoms in total. The molecule has 2 atom stereocenters. The molecule has 0 fully saturated rings. The number of amidine groups is 1. The molecule has 0 saturated carbocycles. The second-order valence-corrected chi connectivity index (χ2v) is 8.35. The molecule has 0 radical (unpaired) electrons. The van der Waals surface area contributed by atoms with Crippen molar-refractivity contribution in [3.05, 3.63) is 78.4 Å². The number of pyridine rings is 1. The number of benzene rings is 2. The molecule has 1 aliphatic heterocycles. The van der Waals surface area contributed by atoms with Gasteiger partial charge in [0.1, 0.15) is 37.2 Å². The number of hydrogen-bond donors (Lipinski definition) is 3. The Kier molecular flexibility index (Phi) is 6.40. The molecule has 0 aliphatic carbocycles. The van der Waals surface area contributed by atoms with E-state index in [2.05, 4.69) is 30.6 Å². The number of nitrogens with zero attached hydrogens (tertiary/aromatic N) is 4. The van der Waals surface area contributed by atoms with Crippen molar-refractivity contribution in [1.82, 2.24) is 15.0 Å². The Hall–Kier alpha value is -4.24. The lowest BCUT2D eigenvalue weighted by molar-refractivity contribution is 0.145. The maximum atomic E-state index is 9.72. The van der Waals surface area contributed by atoms with Crippen LogP contribution in [0.3, 0.4) is 0 Å². The highest BCUT2D eigenvalue weighted by molar-refractivity contribution is 5.97. The zero-order valence-electron chi connectivity index (χ0n) is 19.5. The summed E-state index contributed by atoms with van der Waals surface area (Å²) in [6.45, 7) is 4.46. The molecule has 1 unspecified atom stereocenters. The quantitative estimate of drug-likeness (QED) is 0.368. The van der Waals surface area contributed by atoms with Gasteiger partial charge in [-0.05, 0) is 67.9 Å². The summed E-state index contributed by atoms with van der Waals surface area (Å²) >= 11 is 0. The van der Waals surface area contributed by atoms with E-state index < -0.39 is 6.10 Å². The maximum absolute atomic E-state index is 9.72. The van der Waals surface area contributed by atoms with Gasteiger partial charge < -0.3 is 25.2 Å². The molecule has 0 bridgehead atoms. The van der Waals surface area contributed by atoms with Crippen LogP contribution < -0.4 is 15.4 Å². The van der Waals surface area contributed by atoms with Crippen LogP contribution in [0.5, 0.6) is 5.75 Å². The Bertz CT molecular complexity index is 1360. The number of aliphatic hydroxyl groups excluding tert-OH is 1. The summed E-state index contributed by atoms with van der Waals surface area (Å²) in [5.41, 5.74) is 4.34. The molecule has 0 amide bonds. The molecule has 2 aromatic carbocycles. The van der Waals surface area contributed by atoms with E-state index in [0.717, 1.165) is 39.3 Å². The smallest absolute Gasteiger partial charge is 0.289 e. The highest BCUT2D eigenvalue weighted by Gasteiger charge is 2.23. The zero-order chi connectivity index (χ0) is 24.2. The van der Waals surface area contributed by atoms with Crippen LogP contribution in [0.4, 0.5) is 17.2 Å². The van der Waals surface area contributed by atoms with E-state index in [1.54, 1.807) is 13.1 Å². The summed E-state index contributed by atoms with van der Waals surface area (Å²) in [6.07, 6.45) is 2.73. The number of aryl methyl sites for hydroxylation is 1. The number of anilines is 3. The Morgan fingerprint density at radius 3 is 2.69 bits per heavy atom. The van der Waals surface area contributed by atoms with Crippen LogP contribution in [-0.4, -0.2) is 44.8 Å². The SMILES string of the molecule is Cc1cc(Nc2ncnc3ccc(NC4=NC([C@@H](C)O)CO4)cc23)ccc1OCc1ccccn1. The number of fused-ring (bicyclic) bond motifs is 1. The minimum atomic E-state index is -0.564. The van der Waals surface area contributed by atoms with Crippen molar-refractivity contribution in [2.75, 3.05) is 17.2 Å². The van der Waals surface area contributed by atoms with Gasteiger partial charge in [0.15, 0.2) is 0 Å². The maximum Gasteiger partial charge on any atom is 0.289 e. The molecule has 0 saturated heterocycles. The molecule has 1 aliphatic rings. The van der Waals surface area contributed by atoms with Crippen LogP contribution in [0.1, 0.15) is 18.2 Å². The number of aliphatic hydroxyl groups is 1. The fourth-order valence-electron chi connectivity index (χ4n) is 3.72. The predicted octanol–water partition coefficient (Wildman–Crippen LogP) is 4.20. The van der Waals surface area contributed by atoms with Crippen molar-refractivity contribution in [1.29, 1.82) is 0 Å². The molecular formula is C26H26N6O3. The molecule has 35 heavy (non-hydrogen) atoms. The Labute approximate surface area is 202 Å². The van der Waals surface area contributed by atoms with Crippen LogP contribution in [0.15, 0.2) is 72.1 Å². The summed E-state index contributed by atoms with van der Waals surface area (Å²) in [4.78, 5) is 17.5. The Balaban J connectivity index is 1.33. The van der Waals surface area contributed by atoms with E-state index in [-0.39, 0.29) is 6.04 Å². The number of ether oxygens (including phenoxy) is 2. The molecule has 178 valence electrons. The third kappa shape index (κ3) is 5.30. The van der Waals surface area contributed by atoms with Gasteiger partial charge in [0.2, 0.25) is 0 Å². The van der Waals surface area contributed by atoms with Gasteiger partial charge in [-0.25, -0.2) is 15.0 Å². The van der Waals surface area contributed by atoms with Gasteiger partial charge in [-0.3, -0.25) is 4.98 Å². The average molecular weight is 471 g/mol. The summed E-state index contributed by atoms with van der Waals surface area (Å²) < 4.78 is 11.5. The van der Waals surface area contributed by atoms with Crippen LogP contribution in [0.2, 0.25) is 0 Å². The van der Waals surface area contributed by atoms with Crippen molar-refractivity contribution < 1.29 is 14.6 Å². The highest BCUT2D eigenvalue weighted by Crippen LogP contribution is 2.29. The lowest BCUT2D eigenvalue weighted by Gasteiger charge is -2.13. The minimum Gasteiger partial charge on any atom is -0.487 e. The standard InChI is InChI=1S/C26H26N6O3/c1-16-11-18(7-9-24(16)34-13-20-5-3-4-10-27-20)30-25-21-12-19(6-8-22(21)28-15-29-25)31-26-32-23(14-35-26)17(2)33/h3-12,15,17,23,33H,13-14H2,1-2H3,(H,31,32)(H,28,29,30)/t17-,23?/m1/s1. The zero-order valence-corrected chi connectivity index (χ0v) is 19.5. The second-order valence-electron chi connectivity index (χ2n) is 8.35. The summed E-state index contributed by atoms with van der Waals surface area (Å²) in [7, 11) is 0. The first kappa shape index (κ1) is 22.5. The van der Waals surface area contributed by atoms with E-state index in [0.29, 0.717) is 25.1 Å². The van der Waals surface area contributed by atoms with Gasteiger partial charge in [0.25, 0.3) is 6.02 Å². The largest absolute Gasteiger partial charge is 0.487 e. The average Bonchev–Trinajstić information content (AvgIpc) is 3.33. The predicted molar refractivity (Wildman–Crippen MR) is 135 cm³/mol. The van der Waals surface area contributed by atoms with Gasteiger partial charge in [-0.15, -0.1) is 0 Å². The summed E-state index contributed by atoms with van der Waals surface area (Å²) in [6, 6.07) is 17.5. The number of aliphatic imine (C=N–C) groups is 1. The Morgan fingerprint density at radius 2 is 1.91 bits per heavy atom. The van der Waals surface area contributed by atoms with Gasteiger partial charge in [-0.2, -0.15) is 0 Å². The van der Waals surface area contributed by atoms with E-state index in [1.165, 1.54) is 6.33 Å². The molecule has 4 aromatic rings. The van der Waals surface area contributed by atoms with Crippen LogP contribution >= 0.6 is 0 Å². The third-order valence-corrected chi connectivity index (χ3v) is 5.66. The van der Waals surface area contributed by atoms with E-state index in [4.69, 9.17) is 9.47 Å². The summed E-state index contributed by atoms with van der Waals surface area (Å²) in [5, 5.41) is 17.1. The van der Waals surface area contributed by atoms with E-state index in [1.807, 2.05) is 61.5 Å². The minimum absolute atomic E-state index is 0.266. The number of nitrogens with one attached hydrogen (secondary N) is 2. The number of aromatic nitrogens is 3. The molecular weight excluding hydrogens is 444 g/mol. The topological polar surface area (TPSA) is 114 Å². The molecule has 3 N–H and O–H groups in total. The van der Waals surface area contributed by atoms with E-state index >= 15 is 0 Å². The molecule has 9 heteroatoms. The van der Waals surface area contributed by atoms with E-state index in [9.17, 15) is 5.11 Å². The summed E-state index contributed by atoms with van der Waals surface area (Å²) in [5.74, 6) is 1.48. The molecule has 2 aromatic heterocycles. The molecule has 5 rings (SSSR count). The van der Waals surface area contributed by atoms with Crippen LogP contribution in [0.25, 0.3) is 10.9 Å². The lowest BCUT2D eigenvalue weighted by Crippen LogP contribution is -2.21. The fraction of sp³-hybridized carbons (Fsp3) is 0.231. The number of hydrogen-bond acceptors (Lipinski definition) is 9. The van der Waals surface area contributed by atoms with Crippen molar-refractivity contribution >= 4 is 34.1 Å². The van der Waals surface area contributed by atoms with Gasteiger partial charge in [-0.1, -0.05) is 6.07 Å². The van der Waals surface area contributed by atoms with Crippen molar-refractivity contribution in [2.45, 2.75) is 32.6 Å². The van der Waals surface area contributed by atoms with Crippen LogP contribution in [-0.2, 0) is 11.3 Å². The Morgan fingerprint density at radius 1 is 1.06 bits per heavy atom. The van der Waals surface area contributed by atoms with Crippen molar-refractivity contribution in [2.24, 2.45) is 4.99 Å². The second kappa shape index (κ2) is 9.94. The van der Waals surface area contributed by atoms with Crippen molar-refractivity contribution in [3.8, 4) is 5.75 Å². The first-order valence-corrected chi connectivity index (χ1v) is 11.4. The molecule has 0 spiro atoms. The van der Waals surface area contributed by atoms with Gasteiger partial charge in [0.05, 0.1) is 17.3 Å². The normalized spacial score (nSPS) is 15.9. The lowest BCUT2D eigenvalue weighted by atomic mass is 10.1. The number of rotatable bonds is 7. The monoisotopic (exact) mass is 470 g/mol.